The summed E-state index contributed by atoms with van der Waals surface area (Å²) in [4.78, 5) is 14.1. The van der Waals surface area contributed by atoms with E-state index in [1.807, 2.05) is 43.3 Å². The molecule has 2 N–H and O–H groups in total. The molecular weight excluding hydrogens is 380 g/mol. The SMILES string of the molecule is CCOc1ccc([C@@H](CNC(=O)c2ccc(CC)cc2)[NH+]2CCOCC2)cc1OC. The number of morpholine rings is 1. The van der Waals surface area contributed by atoms with Gasteiger partial charge in [-0.2, -0.15) is 0 Å². The molecule has 6 heteroatoms. The van der Waals surface area contributed by atoms with Gasteiger partial charge in [-0.25, -0.2) is 0 Å². The molecule has 1 heterocycles. The number of methoxy groups -OCH3 is 1. The van der Waals surface area contributed by atoms with E-state index in [9.17, 15) is 4.79 Å². The Bertz CT molecular complexity index is 816. The Kier molecular flexibility index (Phi) is 8.11. The molecule has 1 amide bonds. The molecule has 0 saturated carbocycles. The highest BCUT2D eigenvalue weighted by atomic mass is 16.5. The second kappa shape index (κ2) is 11.0. The summed E-state index contributed by atoms with van der Waals surface area (Å²) >= 11 is 0. The Morgan fingerprint density at radius 3 is 2.47 bits per heavy atom. The summed E-state index contributed by atoms with van der Waals surface area (Å²) in [7, 11) is 1.65. The van der Waals surface area contributed by atoms with Crippen molar-refractivity contribution in [2.45, 2.75) is 26.3 Å². The Morgan fingerprint density at radius 2 is 1.83 bits per heavy atom. The topological polar surface area (TPSA) is 61.2 Å². The Balaban J connectivity index is 1.77. The van der Waals surface area contributed by atoms with E-state index in [4.69, 9.17) is 14.2 Å². The normalized spacial score (nSPS) is 15.4. The van der Waals surface area contributed by atoms with Gasteiger partial charge >= 0.3 is 0 Å². The number of hydrogen-bond donors (Lipinski definition) is 2. The van der Waals surface area contributed by atoms with Gasteiger partial charge in [0.15, 0.2) is 11.5 Å². The highest BCUT2D eigenvalue weighted by Gasteiger charge is 2.28. The van der Waals surface area contributed by atoms with Gasteiger partial charge in [0.1, 0.15) is 19.1 Å². The molecule has 30 heavy (non-hydrogen) atoms. The lowest BCUT2D eigenvalue weighted by Gasteiger charge is -2.32. The molecule has 0 spiro atoms. The van der Waals surface area contributed by atoms with E-state index in [0.29, 0.717) is 24.5 Å². The summed E-state index contributed by atoms with van der Waals surface area (Å²) in [6.07, 6.45) is 0.962. The minimum atomic E-state index is -0.0480. The fourth-order valence-electron chi connectivity index (χ4n) is 3.84. The summed E-state index contributed by atoms with van der Waals surface area (Å²) in [6.45, 7) is 8.45. The van der Waals surface area contributed by atoms with E-state index in [0.717, 1.165) is 44.0 Å². The Morgan fingerprint density at radius 1 is 1.10 bits per heavy atom. The number of amides is 1. The van der Waals surface area contributed by atoms with Crippen LogP contribution in [0.4, 0.5) is 0 Å². The quantitative estimate of drug-likeness (QED) is 0.661. The van der Waals surface area contributed by atoms with E-state index in [-0.39, 0.29) is 11.9 Å². The molecule has 1 saturated heterocycles. The van der Waals surface area contributed by atoms with Crippen molar-refractivity contribution in [3.05, 3.63) is 59.2 Å². The minimum absolute atomic E-state index is 0.0480. The molecule has 0 unspecified atom stereocenters. The summed E-state index contributed by atoms with van der Waals surface area (Å²) in [5.41, 5.74) is 3.03. The molecule has 0 aromatic heterocycles. The van der Waals surface area contributed by atoms with Crippen LogP contribution in [0, 0.1) is 0 Å². The molecule has 1 fully saturated rings. The Labute approximate surface area is 179 Å². The molecular formula is C24H33N2O4+. The fourth-order valence-corrected chi connectivity index (χ4v) is 3.84. The second-order valence-corrected chi connectivity index (χ2v) is 7.43. The van der Waals surface area contributed by atoms with Crippen molar-refractivity contribution in [2.75, 3.05) is 46.6 Å². The van der Waals surface area contributed by atoms with Crippen molar-refractivity contribution in [2.24, 2.45) is 0 Å². The van der Waals surface area contributed by atoms with Gasteiger partial charge in [0.2, 0.25) is 0 Å². The number of carbonyl (C=O) groups excluding carboxylic acids is 1. The summed E-state index contributed by atoms with van der Waals surface area (Å²) < 4.78 is 16.8. The monoisotopic (exact) mass is 413 g/mol. The molecule has 3 rings (SSSR count). The van der Waals surface area contributed by atoms with Crippen LogP contribution in [0.25, 0.3) is 0 Å². The highest BCUT2D eigenvalue weighted by Crippen LogP contribution is 2.29. The van der Waals surface area contributed by atoms with Gasteiger partial charge in [-0.3, -0.25) is 4.79 Å². The van der Waals surface area contributed by atoms with Crippen molar-refractivity contribution >= 4 is 5.91 Å². The van der Waals surface area contributed by atoms with Crippen molar-refractivity contribution in [1.82, 2.24) is 5.32 Å². The van der Waals surface area contributed by atoms with Crippen LogP contribution < -0.4 is 19.7 Å². The lowest BCUT2D eigenvalue weighted by Crippen LogP contribution is -3.15. The van der Waals surface area contributed by atoms with Gasteiger partial charge in [0, 0.05) is 11.1 Å². The number of aryl methyl sites for hydroxylation is 1. The summed E-state index contributed by atoms with van der Waals surface area (Å²) in [6, 6.07) is 14.0. The molecule has 162 valence electrons. The number of benzene rings is 2. The van der Waals surface area contributed by atoms with Gasteiger partial charge in [-0.1, -0.05) is 19.1 Å². The highest BCUT2D eigenvalue weighted by molar-refractivity contribution is 5.94. The average Bonchev–Trinajstić information content (AvgIpc) is 2.80. The minimum Gasteiger partial charge on any atom is -0.493 e. The molecule has 6 nitrogen and oxygen atoms in total. The van der Waals surface area contributed by atoms with Crippen LogP contribution in [0.5, 0.6) is 11.5 Å². The van der Waals surface area contributed by atoms with Crippen LogP contribution >= 0.6 is 0 Å². The van der Waals surface area contributed by atoms with Crippen molar-refractivity contribution < 1.29 is 23.9 Å². The van der Waals surface area contributed by atoms with E-state index >= 15 is 0 Å². The molecule has 0 bridgehead atoms. The smallest absolute Gasteiger partial charge is 0.251 e. The first-order chi connectivity index (χ1) is 14.7. The second-order valence-electron chi connectivity index (χ2n) is 7.43. The number of quaternary nitrogens is 1. The largest absolute Gasteiger partial charge is 0.493 e. The predicted octanol–water partition coefficient (Wildman–Crippen LogP) is 2.04. The molecule has 1 aliphatic rings. The third-order valence-corrected chi connectivity index (χ3v) is 5.61. The van der Waals surface area contributed by atoms with Gasteiger partial charge < -0.3 is 24.4 Å². The molecule has 1 aliphatic heterocycles. The number of rotatable bonds is 9. The zero-order chi connectivity index (χ0) is 21.3. The van der Waals surface area contributed by atoms with Crippen molar-refractivity contribution in [1.29, 1.82) is 0 Å². The van der Waals surface area contributed by atoms with Crippen LogP contribution in [0.3, 0.4) is 0 Å². The van der Waals surface area contributed by atoms with E-state index < -0.39 is 0 Å². The number of carbonyl (C=O) groups is 1. The van der Waals surface area contributed by atoms with E-state index in [1.165, 1.54) is 10.5 Å². The molecule has 0 aliphatic carbocycles. The van der Waals surface area contributed by atoms with Crippen LogP contribution in [-0.2, 0) is 11.2 Å². The maximum atomic E-state index is 12.7. The first kappa shape index (κ1) is 22.1. The maximum Gasteiger partial charge on any atom is 0.251 e. The molecule has 2 aromatic carbocycles. The summed E-state index contributed by atoms with van der Waals surface area (Å²) in [5.74, 6) is 1.40. The van der Waals surface area contributed by atoms with Crippen molar-refractivity contribution in [3.8, 4) is 11.5 Å². The lowest BCUT2D eigenvalue weighted by molar-refractivity contribution is -0.937. The standard InChI is InChI=1S/C24H32N2O4/c1-4-18-6-8-19(9-7-18)24(27)25-17-21(26-12-14-29-15-13-26)20-10-11-22(30-5-2)23(16-20)28-3/h6-11,16,21H,4-5,12-15,17H2,1-3H3,(H,25,27)/p+1/t21-/m1/s1. The third-order valence-electron chi connectivity index (χ3n) is 5.61. The summed E-state index contributed by atoms with van der Waals surface area (Å²) in [5, 5.41) is 3.14. The average molecular weight is 414 g/mol. The fraction of sp³-hybridized carbons (Fsp3) is 0.458. The van der Waals surface area contributed by atoms with Crippen LogP contribution in [0.2, 0.25) is 0 Å². The van der Waals surface area contributed by atoms with E-state index in [2.05, 4.69) is 18.3 Å². The first-order valence-electron chi connectivity index (χ1n) is 10.8. The van der Waals surface area contributed by atoms with E-state index in [1.54, 1.807) is 7.11 Å². The molecule has 1 atom stereocenters. The maximum absolute atomic E-state index is 12.7. The van der Waals surface area contributed by atoms with Crippen LogP contribution in [0.1, 0.15) is 41.4 Å². The zero-order valence-electron chi connectivity index (χ0n) is 18.2. The lowest BCUT2D eigenvalue weighted by atomic mass is 10.0. The van der Waals surface area contributed by atoms with Crippen LogP contribution in [-0.4, -0.2) is 52.5 Å². The van der Waals surface area contributed by atoms with Gasteiger partial charge in [-0.15, -0.1) is 0 Å². The number of nitrogens with one attached hydrogen (secondary N) is 2. The van der Waals surface area contributed by atoms with Gasteiger partial charge in [0.05, 0.1) is 33.5 Å². The van der Waals surface area contributed by atoms with Gasteiger partial charge in [-0.05, 0) is 49.2 Å². The third kappa shape index (κ3) is 5.52. The van der Waals surface area contributed by atoms with Crippen LogP contribution in [0.15, 0.2) is 42.5 Å². The van der Waals surface area contributed by atoms with Crippen molar-refractivity contribution in [3.63, 3.8) is 0 Å². The molecule has 2 aromatic rings. The first-order valence-corrected chi connectivity index (χ1v) is 10.8. The zero-order valence-corrected chi connectivity index (χ0v) is 18.2. The van der Waals surface area contributed by atoms with Gasteiger partial charge in [0.25, 0.3) is 5.91 Å². The Hall–Kier alpha value is -2.57. The number of hydrogen-bond acceptors (Lipinski definition) is 4. The predicted molar refractivity (Wildman–Crippen MR) is 117 cm³/mol. The number of ether oxygens (including phenoxy) is 3. The molecule has 0 radical (unpaired) electrons.